The van der Waals surface area contributed by atoms with Crippen LogP contribution in [0.4, 0.5) is 10.5 Å². The van der Waals surface area contributed by atoms with E-state index >= 15 is 0 Å². The zero-order chi connectivity index (χ0) is 27.1. The average molecular weight is 525 g/mol. The molecule has 9 nitrogen and oxygen atoms in total. The van der Waals surface area contributed by atoms with Gasteiger partial charge >= 0.3 is 6.03 Å². The summed E-state index contributed by atoms with van der Waals surface area (Å²) in [6.45, 7) is 8.84. The van der Waals surface area contributed by atoms with Crippen molar-refractivity contribution >= 4 is 17.6 Å². The first kappa shape index (κ1) is 28.0. The number of ether oxygens (including phenoxy) is 1. The van der Waals surface area contributed by atoms with Gasteiger partial charge in [-0.3, -0.25) is 14.5 Å². The van der Waals surface area contributed by atoms with Crippen LogP contribution in [0.3, 0.4) is 0 Å². The Bertz CT molecular complexity index is 1070. The highest BCUT2D eigenvalue weighted by molar-refractivity contribution is 5.94. The molecule has 0 unspecified atom stereocenters. The van der Waals surface area contributed by atoms with E-state index in [0.29, 0.717) is 50.9 Å². The number of morpholine rings is 1. The summed E-state index contributed by atoms with van der Waals surface area (Å²) in [5.41, 5.74) is 5.13. The Balaban J connectivity index is 1.52. The summed E-state index contributed by atoms with van der Waals surface area (Å²) in [5.74, 6) is 0.0912. The molecule has 0 saturated carbocycles. The van der Waals surface area contributed by atoms with Crippen molar-refractivity contribution in [3.63, 3.8) is 0 Å². The lowest BCUT2D eigenvalue weighted by Crippen LogP contribution is -2.48. The van der Waals surface area contributed by atoms with Crippen LogP contribution in [0.5, 0.6) is 0 Å². The molecule has 0 aliphatic carbocycles. The van der Waals surface area contributed by atoms with Crippen LogP contribution in [-0.4, -0.2) is 85.5 Å². The molecule has 2 fully saturated rings. The van der Waals surface area contributed by atoms with Gasteiger partial charge in [0.25, 0.3) is 5.91 Å². The Hall–Kier alpha value is -2.98. The molecule has 0 atom stereocenters. The highest BCUT2D eigenvalue weighted by atomic mass is 16.6. The first-order valence-corrected chi connectivity index (χ1v) is 13.3. The Morgan fingerprint density at radius 2 is 1.76 bits per heavy atom. The highest BCUT2D eigenvalue weighted by Gasteiger charge is 2.27. The van der Waals surface area contributed by atoms with E-state index in [4.69, 9.17) is 9.57 Å². The van der Waals surface area contributed by atoms with Gasteiger partial charge in [-0.15, -0.1) is 0 Å². The lowest BCUT2D eigenvalue weighted by molar-refractivity contribution is 0.0281. The molecule has 2 heterocycles. The fourth-order valence-electron chi connectivity index (χ4n) is 5.21. The number of carbonyl (C=O) groups is 2. The maximum Gasteiger partial charge on any atom is 0.324 e. The Labute approximate surface area is 225 Å². The average Bonchev–Trinajstić information content (AvgIpc) is 2.92. The molecule has 2 aliphatic heterocycles. The minimum atomic E-state index is -0.696. The van der Waals surface area contributed by atoms with Crippen LogP contribution >= 0.6 is 0 Å². The van der Waals surface area contributed by atoms with E-state index in [1.54, 1.807) is 12.1 Å². The lowest BCUT2D eigenvalue weighted by atomic mass is 9.88. The Kier molecular flexibility index (Phi) is 9.38. The van der Waals surface area contributed by atoms with E-state index < -0.39 is 5.60 Å². The SMILES string of the molecule is CONC(=O)c1ccc(CN(C(=O)N2CCOCC2)c2cccc(C3CCN(CC(C)(C)O)CC3)c2)cc1. The second kappa shape index (κ2) is 12.7. The molecule has 0 aromatic heterocycles. The molecule has 2 aromatic carbocycles. The van der Waals surface area contributed by atoms with Gasteiger partial charge in [-0.05, 0) is 81.1 Å². The van der Waals surface area contributed by atoms with Crippen LogP contribution in [0, 0.1) is 0 Å². The standard InChI is InChI=1S/C29H40N4O5/c1-29(2,36)21-31-13-11-23(12-14-31)25-5-4-6-26(19-25)33(28(35)32-15-17-38-18-16-32)20-22-7-9-24(10-8-22)27(34)30-37-3/h4-10,19,23,36H,11-18,20-21H2,1-3H3,(H,30,34). The summed E-state index contributed by atoms with van der Waals surface area (Å²) in [5, 5.41) is 10.2. The van der Waals surface area contributed by atoms with Crippen molar-refractivity contribution in [2.24, 2.45) is 0 Å². The van der Waals surface area contributed by atoms with Crippen molar-refractivity contribution in [3.05, 3.63) is 65.2 Å². The number of hydrogen-bond acceptors (Lipinski definition) is 6. The number of piperidine rings is 1. The van der Waals surface area contributed by atoms with Gasteiger partial charge in [-0.1, -0.05) is 24.3 Å². The number of hydrogen-bond donors (Lipinski definition) is 2. The number of nitrogens with one attached hydrogen (secondary N) is 1. The molecule has 4 rings (SSSR count). The predicted molar refractivity (Wildman–Crippen MR) is 146 cm³/mol. The molecule has 38 heavy (non-hydrogen) atoms. The van der Waals surface area contributed by atoms with Crippen molar-refractivity contribution in [2.75, 3.05) is 57.9 Å². The number of rotatable bonds is 8. The quantitative estimate of drug-likeness (QED) is 0.514. The van der Waals surface area contributed by atoms with E-state index in [1.165, 1.54) is 12.7 Å². The van der Waals surface area contributed by atoms with E-state index in [2.05, 4.69) is 22.5 Å². The topological polar surface area (TPSA) is 94.6 Å². The highest BCUT2D eigenvalue weighted by Crippen LogP contribution is 2.32. The molecule has 2 N–H and O–H groups in total. The van der Waals surface area contributed by atoms with Crippen molar-refractivity contribution in [3.8, 4) is 0 Å². The van der Waals surface area contributed by atoms with Crippen LogP contribution in [0.15, 0.2) is 48.5 Å². The summed E-state index contributed by atoms with van der Waals surface area (Å²) >= 11 is 0. The molecule has 9 heteroatoms. The molecule has 0 spiro atoms. The maximum absolute atomic E-state index is 13.7. The fraction of sp³-hybridized carbons (Fsp3) is 0.517. The van der Waals surface area contributed by atoms with Gasteiger partial charge in [0.2, 0.25) is 0 Å². The first-order valence-electron chi connectivity index (χ1n) is 13.3. The van der Waals surface area contributed by atoms with Crippen LogP contribution in [0.2, 0.25) is 0 Å². The van der Waals surface area contributed by atoms with Gasteiger partial charge in [0.1, 0.15) is 0 Å². The third-order valence-corrected chi connectivity index (χ3v) is 7.12. The number of amides is 3. The largest absolute Gasteiger partial charge is 0.389 e. The summed E-state index contributed by atoms with van der Waals surface area (Å²) in [7, 11) is 1.40. The van der Waals surface area contributed by atoms with Crippen molar-refractivity contribution in [1.82, 2.24) is 15.3 Å². The van der Waals surface area contributed by atoms with Crippen molar-refractivity contribution < 1.29 is 24.3 Å². The van der Waals surface area contributed by atoms with Gasteiger partial charge in [-0.2, -0.15) is 0 Å². The van der Waals surface area contributed by atoms with E-state index in [1.807, 2.05) is 47.9 Å². The minimum Gasteiger partial charge on any atom is -0.389 e. The van der Waals surface area contributed by atoms with Crippen molar-refractivity contribution in [1.29, 1.82) is 0 Å². The second-order valence-corrected chi connectivity index (χ2v) is 10.8. The second-order valence-electron chi connectivity index (χ2n) is 10.8. The predicted octanol–water partition coefficient (Wildman–Crippen LogP) is 3.39. The lowest BCUT2D eigenvalue weighted by Gasteiger charge is -2.36. The fourth-order valence-corrected chi connectivity index (χ4v) is 5.21. The molecule has 206 valence electrons. The van der Waals surface area contributed by atoms with Gasteiger partial charge in [0, 0.05) is 30.9 Å². The minimum absolute atomic E-state index is 0.0494. The van der Waals surface area contributed by atoms with Crippen LogP contribution in [-0.2, 0) is 16.1 Å². The van der Waals surface area contributed by atoms with Crippen LogP contribution in [0.1, 0.15) is 54.1 Å². The van der Waals surface area contributed by atoms with Crippen molar-refractivity contribution in [2.45, 2.75) is 44.8 Å². The zero-order valence-electron chi connectivity index (χ0n) is 22.7. The molecule has 2 aromatic rings. The molecular weight excluding hydrogens is 484 g/mol. The monoisotopic (exact) mass is 524 g/mol. The van der Waals surface area contributed by atoms with Gasteiger partial charge in [-0.25, -0.2) is 10.3 Å². The molecule has 2 saturated heterocycles. The van der Waals surface area contributed by atoms with Gasteiger partial charge in [0.15, 0.2) is 0 Å². The molecular formula is C29H40N4O5. The number of nitrogens with zero attached hydrogens (tertiary/aromatic N) is 3. The van der Waals surface area contributed by atoms with Crippen LogP contribution in [0.25, 0.3) is 0 Å². The smallest absolute Gasteiger partial charge is 0.324 e. The molecule has 0 bridgehead atoms. The van der Waals surface area contributed by atoms with Gasteiger partial charge in [0.05, 0.1) is 32.5 Å². The number of anilines is 1. The van der Waals surface area contributed by atoms with Crippen LogP contribution < -0.4 is 10.4 Å². The zero-order valence-corrected chi connectivity index (χ0v) is 22.7. The summed E-state index contributed by atoms with van der Waals surface area (Å²) < 4.78 is 5.47. The van der Waals surface area contributed by atoms with E-state index in [0.717, 1.165) is 37.2 Å². The molecule has 2 aliphatic rings. The van der Waals surface area contributed by atoms with E-state index in [-0.39, 0.29) is 11.9 Å². The van der Waals surface area contributed by atoms with E-state index in [9.17, 15) is 14.7 Å². The third kappa shape index (κ3) is 7.54. The number of β-amino-alcohol motifs (C(OH)–C–C–N with tert-alkyl or cyclic N) is 1. The normalized spacial score (nSPS) is 17.3. The third-order valence-electron chi connectivity index (χ3n) is 7.12. The first-order chi connectivity index (χ1) is 18.2. The molecule has 0 radical (unpaired) electrons. The maximum atomic E-state index is 13.7. The summed E-state index contributed by atoms with van der Waals surface area (Å²) in [6.07, 6.45) is 2.03. The number of benzene rings is 2. The number of urea groups is 1. The summed E-state index contributed by atoms with van der Waals surface area (Å²) in [4.78, 5) is 36.5. The number of hydroxylamine groups is 1. The summed E-state index contributed by atoms with van der Waals surface area (Å²) in [6, 6.07) is 15.5. The number of likely N-dealkylation sites (tertiary alicyclic amines) is 1. The Morgan fingerprint density at radius 1 is 1.08 bits per heavy atom. The van der Waals surface area contributed by atoms with Gasteiger partial charge < -0.3 is 19.6 Å². The number of carbonyl (C=O) groups excluding carboxylic acids is 2. The molecule has 3 amide bonds. The Morgan fingerprint density at radius 3 is 2.39 bits per heavy atom. The number of aliphatic hydroxyl groups is 1.